The number of rotatable bonds is 9. The highest BCUT2D eigenvalue weighted by molar-refractivity contribution is 6.91. The molecule has 0 aliphatic heterocycles. The lowest BCUT2D eigenvalue weighted by Crippen LogP contribution is -2.53. The van der Waals surface area contributed by atoms with Crippen molar-refractivity contribution < 1.29 is 14.6 Å². The number of hydrogen-bond donors (Lipinski definition) is 1. The number of aliphatic hydroxyl groups excluding tert-OH is 1. The Kier molecular flexibility index (Phi) is 7.64. The SMILES string of the molecule is C=CCOC(=O)[C@H]([C@@H](C(C)C)[Si](C)(C)c1ccccc1)[C@@H](O)C=C. The molecule has 1 rings (SSSR count). The zero-order chi connectivity index (χ0) is 18.3. The lowest BCUT2D eigenvalue weighted by atomic mass is 9.91. The van der Waals surface area contributed by atoms with Crippen molar-refractivity contribution in [2.24, 2.45) is 11.8 Å². The summed E-state index contributed by atoms with van der Waals surface area (Å²) in [6.45, 7) is 16.1. The van der Waals surface area contributed by atoms with Crippen molar-refractivity contribution in [3.05, 3.63) is 55.6 Å². The van der Waals surface area contributed by atoms with Crippen LogP contribution in [0.4, 0.5) is 0 Å². The molecule has 3 nitrogen and oxygen atoms in total. The molecule has 0 aliphatic carbocycles. The summed E-state index contributed by atoms with van der Waals surface area (Å²) in [4.78, 5) is 12.7. The van der Waals surface area contributed by atoms with Crippen LogP contribution in [0, 0.1) is 11.8 Å². The Morgan fingerprint density at radius 1 is 1.25 bits per heavy atom. The molecule has 0 heterocycles. The molecule has 0 fully saturated rings. The smallest absolute Gasteiger partial charge is 0.312 e. The first kappa shape index (κ1) is 20.4. The van der Waals surface area contributed by atoms with Gasteiger partial charge in [-0.15, -0.1) is 6.58 Å². The molecule has 0 spiro atoms. The highest BCUT2D eigenvalue weighted by Gasteiger charge is 2.46. The average Bonchev–Trinajstić information content (AvgIpc) is 2.56. The van der Waals surface area contributed by atoms with Gasteiger partial charge in [-0.25, -0.2) is 0 Å². The zero-order valence-electron chi connectivity index (χ0n) is 15.2. The van der Waals surface area contributed by atoms with Crippen molar-refractivity contribution >= 4 is 19.2 Å². The van der Waals surface area contributed by atoms with Gasteiger partial charge < -0.3 is 9.84 Å². The summed E-state index contributed by atoms with van der Waals surface area (Å²) < 4.78 is 5.30. The van der Waals surface area contributed by atoms with Crippen molar-refractivity contribution in [1.29, 1.82) is 0 Å². The summed E-state index contributed by atoms with van der Waals surface area (Å²) in [6, 6.07) is 10.3. The van der Waals surface area contributed by atoms with Gasteiger partial charge in [-0.1, -0.05) is 81.2 Å². The molecule has 0 saturated heterocycles. The maximum absolute atomic E-state index is 12.7. The van der Waals surface area contributed by atoms with Gasteiger partial charge in [-0.3, -0.25) is 4.79 Å². The summed E-state index contributed by atoms with van der Waals surface area (Å²) >= 11 is 0. The fourth-order valence-electron chi connectivity index (χ4n) is 3.64. The Balaban J connectivity index is 3.32. The van der Waals surface area contributed by atoms with Crippen molar-refractivity contribution in [1.82, 2.24) is 0 Å². The second-order valence-electron chi connectivity index (χ2n) is 7.03. The van der Waals surface area contributed by atoms with Gasteiger partial charge in [-0.2, -0.15) is 0 Å². The van der Waals surface area contributed by atoms with E-state index in [1.807, 2.05) is 18.2 Å². The Morgan fingerprint density at radius 2 is 1.83 bits per heavy atom. The molecule has 3 atom stereocenters. The molecule has 0 saturated carbocycles. The van der Waals surface area contributed by atoms with Crippen LogP contribution < -0.4 is 5.19 Å². The van der Waals surface area contributed by atoms with E-state index in [1.54, 1.807) is 6.08 Å². The first-order valence-corrected chi connectivity index (χ1v) is 11.5. The van der Waals surface area contributed by atoms with Crippen LogP contribution in [0.1, 0.15) is 13.8 Å². The third kappa shape index (κ3) is 4.68. The topological polar surface area (TPSA) is 46.5 Å². The van der Waals surface area contributed by atoms with Gasteiger partial charge in [0.1, 0.15) is 6.61 Å². The van der Waals surface area contributed by atoms with Crippen molar-refractivity contribution in [2.45, 2.75) is 38.6 Å². The Labute approximate surface area is 147 Å². The summed E-state index contributed by atoms with van der Waals surface area (Å²) in [5.74, 6) is -0.774. The quantitative estimate of drug-likeness (QED) is 0.423. The van der Waals surface area contributed by atoms with Crippen LogP contribution in [0.2, 0.25) is 18.6 Å². The van der Waals surface area contributed by atoms with Gasteiger partial charge in [0.05, 0.1) is 20.1 Å². The third-order valence-corrected chi connectivity index (χ3v) is 9.20. The van der Waals surface area contributed by atoms with E-state index in [2.05, 4.69) is 52.2 Å². The van der Waals surface area contributed by atoms with Crippen LogP contribution in [0.3, 0.4) is 0 Å². The molecule has 1 aromatic carbocycles. The number of ether oxygens (including phenoxy) is 1. The van der Waals surface area contributed by atoms with E-state index < -0.39 is 20.1 Å². The number of esters is 1. The first-order valence-electron chi connectivity index (χ1n) is 8.41. The number of carbonyl (C=O) groups is 1. The first-order chi connectivity index (χ1) is 11.3. The van der Waals surface area contributed by atoms with Gasteiger partial charge in [0.2, 0.25) is 0 Å². The number of carbonyl (C=O) groups excluding carboxylic acids is 1. The summed E-state index contributed by atoms with van der Waals surface area (Å²) in [5.41, 5.74) is 0.0187. The molecule has 0 aliphatic rings. The largest absolute Gasteiger partial charge is 0.461 e. The van der Waals surface area contributed by atoms with Gasteiger partial charge >= 0.3 is 5.97 Å². The monoisotopic (exact) mass is 346 g/mol. The van der Waals surface area contributed by atoms with E-state index in [1.165, 1.54) is 11.3 Å². The highest BCUT2D eigenvalue weighted by Crippen LogP contribution is 2.39. The van der Waals surface area contributed by atoms with Crippen LogP contribution in [0.5, 0.6) is 0 Å². The molecule has 0 amide bonds. The molecular weight excluding hydrogens is 316 g/mol. The Bertz CT molecular complexity index is 551. The molecule has 4 heteroatoms. The molecule has 0 bridgehead atoms. The molecule has 1 N–H and O–H groups in total. The van der Waals surface area contributed by atoms with Gasteiger partial charge in [0.15, 0.2) is 0 Å². The van der Waals surface area contributed by atoms with Crippen LogP contribution in [0.15, 0.2) is 55.6 Å². The zero-order valence-corrected chi connectivity index (χ0v) is 16.2. The van der Waals surface area contributed by atoms with Crippen LogP contribution in [0.25, 0.3) is 0 Å². The minimum Gasteiger partial charge on any atom is -0.461 e. The Morgan fingerprint density at radius 3 is 2.29 bits per heavy atom. The van der Waals surface area contributed by atoms with Gasteiger partial charge in [-0.05, 0) is 11.5 Å². The standard InChI is InChI=1S/C20H30O3Si/c1-7-14-23-20(22)18(17(21)8-2)19(15(3)4)24(5,6)16-12-10-9-11-13-16/h7-13,15,17-19,21H,1-2,14H2,3-6H3/t17-,18-,19+/m0/s1. The van der Waals surface area contributed by atoms with E-state index in [0.29, 0.717) is 0 Å². The third-order valence-electron chi connectivity index (χ3n) is 4.68. The van der Waals surface area contributed by atoms with Crippen molar-refractivity contribution in [3.63, 3.8) is 0 Å². The highest BCUT2D eigenvalue weighted by atomic mass is 28.3. The number of benzene rings is 1. The van der Waals surface area contributed by atoms with E-state index in [9.17, 15) is 9.90 Å². The molecule has 0 unspecified atom stereocenters. The van der Waals surface area contributed by atoms with Crippen LogP contribution in [-0.4, -0.2) is 31.9 Å². The minimum atomic E-state index is -2.05. The molecular formula is C20H30O3Si. The molecule has 0 radical (unpaired) electrons. The van der Waals surface area contributed by atoms with Gasteiger partial charge in [0, 0.05) is 0 Å². The predicted octanol–water partition coefficient (Wildman–Crippen LogP) is 3.52. The van der Waals surface area contributed by atoms with E-state index in [-0.39, 0.29) is 24.0 Å². The fraction of sp³-hybridized carbons (Fsp3) is 0.450. The average molecular weight is 347 g/mol. The van der Waals surface area contributed by atoms with E-state index in [4.69, 9.17) is 4.74 Å². The van der Waals surface area contributed by atoms with E-state index in [0.717, 1.165) is 0 Å². The van der Waals surface area contributed by atoms with Crippen LogP contribution in [-0.2, 0) is 9.53 Å². The predicted molar refractivity (Wildman–Crippen MR) is 103 cm³/mol. The maximum atomic E-state index is 12.7. The second kappa shape index (κ2) is 8.99. The fourth-order valence-corrected chi connectivity index (χ4v) is 7.97. The van der Waals surface area contributed by atoms with E-state index >= 15 is 0 Å². The van der Waals surface area contributed by atoms with Crippen molar-refractivity contribution in [3.8, 4) is 0 Å². The molecule has 1 aromatic rings. The summed E-state index contributed by atoms with van der Waals surface area (Å²) in [7, 11) is -2.05. The summed E-state index contributed by atoms with van der Waals surface area (Å²) in [5, 5.41) is 11.8. The normalized spacial score (nSPS) is 15.4. The molecule has 0 aromatic heterocycles. The Hall–Kier alpha value is -1.65. The van der Waals surface area contributed by atoms with Crippen molar-refractivity contribution in [2.75, 3.05) is 6.61 Å². The maximum Gasteiger partial charge on any atom is 0.312 e. The van der Waals surface area contributed by atoms with Crippen LogP contribution >= 0.6 is 0 Å². The lowest BCUT2D eigenvalue weighted by molar-refractivity contribution is -0.151. The minimum absolute atomic E-state index is 0.0187. The lowest BCUT2D eigenvalue weighted by Gasteiger charge is -2.41. The molecule has 132 valence electrons. The summed E-state index contributed by atoms with van der Waals surface area (Å²) in [6.07, 6.45) is 2.05. The number of aliphatic hydroxyl groups is 1. The van der Waals surface area contributed by atoms with Gasteiger partial charge in [0.25, 0.3) is 0 Å². The molecule has 24 heavy (non-hydrogen) atoms. The second-order valence-corrected chi connectivity index (χ2v) is 11.7. The number of hydrogen-bond acceptors (Lipinski definition) is 3.